The van der Waals surface area contributed by atoms with Crippen LogP contribution in [0.25, 0.3) is 0 Å². The summed E-state index contributed by atoms with van der Waals surface area (Å²) in [5.74, 6) is 0. The van der Waals surface area contributed by atoms with Gasteiger partial charge in [-0.15, -0.1) is 4.40 Å². The molecule has 0 amide bonds. The van der Waals surface area contributed by atoms with Crippen molar-refractivity contribution in [3.8, 4) is 0 Å². The lowest BCUT2D eigenvalue weighted by atomic mass is 9.96. The Balaban J connectivity index is 1.81. The van der Waals surface area contributed by atoms with Gasteiger partial charge in [0.25, 0.3) is 10.0 Å². The molecule has 0 bridgehead atoms. The number of nitrogens with one attached hydrogen (secondary N) is 1. The predicted molar refractivity (Wildman–Crippen MR) is 73.5 cm³/mol. The van der Waals surface area contributed by atoms with Crippen molar-refractivity contribution >= 4 is 16.0 Å². The van der Waals surface area contributed by atoms with Gasteiger partial charge in [-0.25, -0.2) is 8.42 Å². The molecule has 1 N–H and O–H groups in total. The first-order valence-corrected chi connectivity index (χ1v) is 8.60. The molecular weight excluding hydrogens is 264 g/mol. The van der Waals surface area contributed by atoms with Gasteiger partial charge in [0.05, 0.1) is 0 Å². The van der Waals surface area contributed by atoms with Gasteiger partial charge in [-0.3, -0.25) is 0 Å². The maximum Gasteiger partial charge on any atom is 0.301 e. The summed E-state index contributed by atoms with van der Waals surface area (Å²) in [4.78, 5) is 0. The van der Waals surface area contributed by atoms with Crippen LogP contribution in [-0.2, 0) is 14.8 Å². The van der Waals surface area contributed by atoms with Crippen LogP contribution < -0.4 is 5.32 Å². The Labute approximate surface area is 114 Å². The van der Waals surface area contributed by atoms with E-state index in [-0.39, 0.29) is 6.02 Å². The smallest absolute Gasteiger partial charge is 0.301 e. The molecule has 2 saturated carbocycles. The van der Waals surface area contributed by atoms with E-state index >= 15 is 0 Å². The van der Waals surface area contributed by atoms with E-state index in [0.717, 1.165) is 12.8 Å². The second-order valence-electron chi connectivity index (χ2n) is 6.46. The molecule has 0 aromatic carbocycles. The highest BCUT2D eigenvalue weighted by Gasteiger charge is 2.68. The summed E-state index contributed by atoms with van der Waals surface area (Å²) in [7, 11) is -3.46. The van der Waals surface area contributed by atoms with Crippen molar-refractivity contribution in [3.05, 3.63) is 0 Å². The van der Waals surface area contributed by atoms with E-state index in [4.69, 9.17) is 4.74 Å². The van der Waals surface area contributed by atoms with Crippen molar-refractivity contribution in [2.24, 2.45) is 4.40 Å². The van der Waals surface area contributed by atoms with Crippen molar-refractivity contribution < 1.29 is 13.2 Å². The first-order chi connectivity index (χ1) is 8.86. The Hall–Kier alpha value is -0.780. The van der Waals surface area contributed by atoms with Crippen molar-refractivity contribution in [2.45, 2.75) is 75.2 Å². The van der Waals surface area contributed by atoms with Crippen LogP contribution in [0.2, 0.25) is 0 Å². The summed E-state index contributed by atoms with van der Waals surface area (Å²) < 4.78 is 33.6. The number of hydrogen-bond donors (Lipinski definition) is 1. The third-order valence-electron chi connectivity index (χ3n) is 4.78. The molecule has 3 aliphatic rings. The number of ether oxygens (including phenoxy) is 1. The van der Waals surface area contributed by atoms with Gasteiger partial charge in [0.15, 0.2) is 0 Å². The third kappa shape index (κ3) is 2.04. The van der Waals surface area contributed by atoms with E-state index in [1.165, 1.54) is 19.3 Å². The van der Waals surface area contributed by atoms with E-state index in [1.807, 2.05) is 13.8 Å². The minimum atomic E-state index is -3.46. The van der Waals surface area contributed by atoms with E-state index < -0.39 is 20.4 Å². The van der Waals surface area contributed by atoms with E-state index in [2.05, 4.69) is 9.71 Å². The molecule has 108 valence electrons. The molecular formula is C13H22N2O3S. The molecule has 6 heteroatoms. The second kappa shape index (κ2) is 4.11. The van der Waals surface area contributed by atoms with Crippen LogP contribution in [0.3, 0.4) is 0 Å². The van der Waals surface area contributed by atoms with Gasteiger partial charge in [-0.2, -0.15) is 0 Å². The molecule has 0 radical (unpaired) electrons. The zero-order valence-corrected chi connectivity index (χ0v) is 12.4. The van der Waals surface area contributed by atoms with E-state index in [1.54, 1.807) is 0 Å². The highest BCUT2D eigenvalue weighted by atomic mass is 32.2. The fourth-order valence-corrected chi connectivity index (χ4v) is 5.08. The molecule has 1 heterocycles. The van der Waals surface area contributed by atoms with Crippen LogP contribution in [0.15, 0.2) is 4.40 Å². The monoisotopic (exact) mass is 286 g/mol. The largest absolute Gasteiger partial charge is 0.457 e. The molecule has 0 saturated heterocycles. The Kier molecular flexibility index (Phi) is 2.86. The molecule has 0 aromatic rings. The number of sulfonamides is 1. The Bertz CT molecular complexity index is 500. The molecule has 3 rings (SSSR count). The standard InChI is InChI=1S/C13H22N2O3S/c1-12(2)13(8-9-13)19(16,17)15-11(18-12)14-10-6-4-3-5-7-10/h10H,3-9H2,1-2H3,(H,14,15). The molecule has 0 unspecified atom stereocenters. The summed E-state index contributed by atoms with van der Waals surface area (Å²) in [6.45, 7) is 3.71. The highest BCUT2D eigenvalue weighted by molar-refractivity contribution is 7.92. The predicted octanol–water partition coefficient (Wildman–Crippen LogP) is 1.94. The Morgan fingerprint density at radius 2 is 1.84 bits per heavy atom. The van der Waals surface area contributed by atoms with E-state index in [0.29, 0.717) is 18.9 Å². The van der Waals surface area contributed by atoms with E-state index in [9.17, 15) is 8.42 Å². The molecule has 1 aliphatic heterocycles. The maximum absolute atomic E-state index is 12.3. The average molecular weight is 286 g/mol. The van der Waals surface area contributed by atoms with Crippen molar-refractivity contribution in [2.75, 3.05) is 0 Å². The fraction of sp³-hybridized carbons (Fsp3) is 0.923. The molecule has 19 heavy (non-hydrogen) atoms. The lowest BCUT2D eigenvalue weighted by molar-refractivity contribution is 0.0681. The van der Waals surface area contributed by atoms with Gasteiger partial charge in [0.2, 0.25) is 0 Å². The molecule has 0 atom stereocenters. The van der Waals surface area contributed by atoms with Crippen molar-refractivity contribution in [1.82, 2.24) is 5.32 Å². The number of amidine groups is 1. The highest BCUT2D eigenvalue weighted by Crippen LogP contribution is 2.55. The fourth-order valence-electron chi connectivity index (χ4n) is 3.31. The lowest BCUT2D eigenvalue weighted by Gasteiger charge is -2.38. The van der Waals surface area contributed by atoms with Crippen LogP contribution in [-0.4, -0.2) is 30.8 Å². The average Bonchev–Trinajstić information content (AvgIpc) is 3.08. The summed E-state index contributed by atoms with van der Waals surface area (Å²) in [6, 6.07) is 0.501. The van der Waals surface area contributed by atoms with Crippen molar-refractivity contribution in [3.63, 3.8) is 0 Å². The van der Waals surface area contributed by atoms with Crippen LogP contribution in [0.5, 0.6) is 0 Å². The Morgan fingerprint density at radius 3 is 2.37 bits per heavy atom. The first-order valence-electron chi connectivity index (χ1n) is 7.16. The van der Waals surface area contributed by atoms with Gasteiger partial charge in [0, 0.05) is 6.04 Å². The Morgan fingerprint density at radius 1 is 1.21 bits per heavy atom. The third-order valence-corrected chi connectivity index (χ3v) is 7.08. The van der Waals surface area contributed by atoms with Crippen molar-refractivity contribution in [1.29, 1.82) is 0 Å². The van der Waals surface area contributed by atoms with Crippen LogP contribution in [0.4, 0.5) is 0 Å². The van der Waals surface area contributed by atoms with Gasteiger partial charge in [0.1, 0.15) is 10.3 Å². The summed E-state index contributed by atoms with van der Waals surface area (Å²) in [6.07, 6.45) is 7.07. The topological polar surface area (TPSA) is 67.8 Å². The van der Waals surface area contributed by atoms with Gasteiger partial charge in [-0.05, 0) is 39.5 Å². The minimum absolute atomic E-state index is 0.203. The molecule has 2 aliphatic carbocycles. The molecule has 1 spiro atoms. The summed E-state index contributed by atoms with van der Waals surface area (Å²) in [5.41, 5.74) is -0.690. The molecule has 2 fully saturated rings. The zero-order chi connectivity index (χ0) is 13.7. The number of nitrogens with zero attached hydrogens (tertiary/aromatic N) is 1. The zero-order valence-electron chi connectivity index (χ0n) is 11.6. The minimum Gasteiger partial charge on any atom is -0.457 e. The number of hydrogen-bond acceptors (Lipinski definition) is 4. The normalized spacial score (nSPS) is 31.4. The van der Waals surface area contributed by atoms with Gasteiger partial charge in [-0.1, -0.05) is 19.3 Å². The van der Waals surface area contributed by atoms with Gasteiger partial charge < -0.3 is 10.1 Å². The van der Waals surface area contributed by atoms with Crippen LogP contribution >= 0.6 is 0 Å². The lowest BCUT2D eigenvalue weighted by Crippen LogP contribution is -2.54. The molecule has 5 nitrogen and oxygen atoms in total. The first kappa shape index (κ1) is 13.2. The molecule has 0 aromatic heterocycles. The maximum atomic E-state index is 12.3. The quantitative estimate of drug-likeness (QED) is 0.800. The van der Waals surface area contributed by atoms with Crippen LogP contribution in [0.1, 0.15) is 58.8 Å². The second-order valence-corrected chi connectivity index (χ2v) is 8.37. The van der Waals surface area contributed by atoms with Gasteiger partial charge >= 0.3 is 6.02 Å². The SMILES string of the molecule is CC1(C)OC(NC2CCCCC2)=NS(=O)(=O)C12CC2. The summed E-state index contributed by atoms with van der Waals surface area (Å²) >= 11 is 0. The summed E-state index contributed by atoms with van der Waals surface area (Å²) in [5, 5.41) is 3.18. The number of rotatable bonds is 1. The van der Waals surface area contributed by atoms with Crippen LogP contribution in [0, 0.1) is 0 Å².